The molecule has 1 aliphatic rings. The number of nitrogens with one attached hydrogen (secondary N) is 1. The summed E-state index contributed by atoms with van der Waals surface area (Å²) in [6, 6.07) is -1.28. The zero-order chi connectivity index (χ0) is 14.1. The van der Waals surface area contributed by atoms with Crippen LogP contribution in [0.1, 0.15) is 6.92 Å². The minimum atomic E-state index is -4.44. The highest BCUT2D eigenvalue weighted by Crippen LogP contribution is 2.21. The molecule has 9 nitrogen and oxygen atoms in total. The van der Waals surface area contributed by atoms with Crippen molar-refractivity contribution >= 4 is 16.0 Å². The second-order valence-corrected chi connectivity index (χ2v) is 5.52. The molecule has 0 aromatic carbocycles. The van der Waals surface area contributed by atoms with Gasteiger partial charge in [-0.1, -0.05) is 0 Å². The van der Waals surface area contributed by atoms with E-state index in [1.807, 2.05) is 0 Å². The fourth-order valence-corrected chi connectivity index (χ4v) is 2.37. The van der Waals surface area contributed by atoms with Crippen molar-refractivity contribution in [3.05, 3.63) is 0 Å². The molecule has 0 saturated carbocycles. The van der Waals surface area contributed by atoms with Crippen LogP contribution in [0.15, 0.2) is 0 Å². The van der Waals surface area contributed by atoms with Crippen LogP contribution in [0, 0.1) is 0 Å². The molecule has 0 aromatic rings. The molecular formula is C8H15NO8S. The Bertz CT molecular complexity index is 409. The summed E-state index contributed by atoms with van der Waals surface area (Å²) in [7, 11) is -4.44. The minimum Gasteiger partial charge on any atom is -0.388 e. The molecule has 1 saturated heterocycles. The number of carbonyl (C=O) groups excluding carboxylic acids is 1. The number of carbonyl (C=O) groups is 1. The topological polar surface area (TPSA) is 153 Å². The Balaban J connectivity index is 2.79. The number of hydrogen-bond acceptors (Lipinski definition) is 7. The van der Waals surface area contributed by atoms with Gasteiger partial charge in [0.25, 0.3) is 10.1 Å². The molecule has 0 aliphatic carbocycles. The van der Waals surface area contributed by atoms with Crippen molar-refractivity contribution < 1.29 is 37.8 Å². The highest BCUT2D eigenvalue weighted by Gasteiger charge is 2.45. The van der Waals surface area contributed by atoms with Crippen molar-refractivity contribution in [3.8, 4) is 0 Å². The van der Waals surface area contributed by atoms with Crippen molar-refractivity contribution in [3.63, 3.8) is 0 Å². The molecule has 5 N–H and O–H groups in total. The molecule has 18 heavy (non-hydrogen) atoms. The summed E-state index contributed by atoms with van der Waals surface area (Å²) >= 11 is 0. The van der Waals surface area contributed by atoms with E-state index in [1.165, 1.54) is 0 Å². The van der Waals surface area contributed by atoms with Crippen LogP contribution in [0.4, 0.5) is 0 Å². The number of hydrogen-bond donors (Lipinski definition) is 5. The van der Waals surface area contributed by atoms with Gasteiger partial charge in [-0.15, -0.1) is 0 Å². The highest BCUT2D eigenvalue weighted by atomic mass is 32.2. The summed E-state index contributed by atoms with van der Waals surface area (Å²) in [4.78, 5) is 10.8. The normalized spacial score (nSPS) is 37.3. The average Bonchev–Trinajstić information content (AvgIpc) is 2.18. The van der Waals surface area contributed by atoms with Crippen LogP contribution in [-0.2, 0) is 19.6 Å². The molecule has 10 heteroatoms. The van der Waals surface area contributed by atoms with Gasteiger partial charge in [0.2, 0.25) is 5.91 Å². The van der Waals surface area contributed by atoms with E-state index in [-0.39, 0.29) is 0 Å². The molecule has 0 aromatic heterocycles. The summed E-state index contributed by atoms with van der Waals surface area (Å²) in [5, 5.41) is 30.9. The van der Waals surface area contributed by atoms with Crippen molar-refractivity contribution in [2.24, 2.45) is 0 Å². The molecule has 5 atom stereocenters. The van der Waals surface area contributed by atoms with Gasteiger partial charge in [-0.05, 0) is 0 Å². The van der Waals surface area contributed by atoms with Gasteiger partial charge in [0.1, 0.15) is 30.1 Å². The van der Waals surface area contributed by atoms with Gasteiger partial charge in [0.15, 0.2) is 6.29 Å². The largest absolute Gasteiger partial charge is 0.388 e. The number of aliphatic hydroxyl groups is 3. The number of ether oxygens (including phenoxy) is 1. The van der Waals surface area contributed by atoms with Crippen molar-refractivity contribution in [2.45, 2.75) is 37.6 Å². The first-order valence-corrected chi connectivity index (χ1v) is 6.64. The maximum absolute atomic E-state index is 10.8. The molecule has 1 fully saturated rings. The molecule has 1 amide bonds. The Labute approximate surface area is 103 Å². The van der Waals surface area contributed by atoms with Gasteiger partial charge < -0.3 is 25.4 Å². The molecule has 1 rings (SSSR count). The highest BCUT2D eigenvalue weighted by molar-refractivity contribution is 7.85. The molecule has 106 valence electrons. The molecule has 0 unspecified atom stereocenters. The number of amides is 1. The number of aliphatic hydroxyl groups excluding tert-OH is 3. The zero-order valence-corrected chi connectivity index (χ0v) is 10.2. The smallest absolute Gasteiger partial charge is 0.267 e. The van der Waals surface area contributed by atoms with Gasteiger partial charge >= 0.3 is 0 Å². The molecule has 1 aliphatic heterocycles. The maximum atomic E-state index is 10.8. The maximum Gasteiger partial charge on any atom is 0.267 e. The lowest BCUT2D eigenvalue weighted by Gasteiger charge is -2.40. The predicted molar refractivity (Wildman–Crippen MR) is 56.9 cm³/mol. The second-order valence-electron chi connectivity index (χ2n) is 4.02. The number of rotatable bonds is 3. The lowest BCUT2D eigenvalue weighted by atomic mass is 9.97. The van der Waals surface area contributed by atoms with Gasteiger partial charge in [0.05, 0.1) is 0 Å². The van der Waals surface area contributed by atoms with Crippen molar-refractivity contribution in [1.82, 2.24) is 5.32 Å². The van der Waals surface area contributed by atoms with Crippen molar-refractivity contribution in [1.29, 1.82) is 0 Å². The molecule has 1 heterocycles. The Morgan fingerprint density at radius 3 is 2.28 bits per heavy atom. The summed E-state index contributed by atoms with van der Waals surface area (Å²) in [6.45, 7) is 1.14. The van der Waals surface area contributed by atoms with E-state index in [4.69, 9.17) is 9.29 Å². The van der Waals surface area contributed by atoms with Crippen LogP contribution in [0.3, 0.4) is 0 Å². The quantitative estimate of drug-likeness (QED) is 0.340. The molecular weight excluding hydrogens is 270 g/mol. The van der Waals surface area contributed by atoms with E-state index >= 15 is 0 Å². The Morgan fingerprint density at radius 1 is 1.28 bits per heavy atom. The summed E-state index contributed by atoms with van der Waals surface area (Å²) in [5.41, 5.74) is 0. The molecule has 0 bridgehead atoms. The fraction of sp³-hybridized carbons (Fsp3) is 0.875. The third kappa shape index (κ3) is 3.86. The Kier molecular flexibility index (Phi) is 4.64. The van der Waals surface area contributed by atoms with E-state index < -0.39 is 52.4 Å². The van der Waals surface area contributed by atoms with E-state index in [0.717, 1.165) is 6.92 Å². The fourth-order valence-electron chi connectivity index (χ4n) is 1.68. The van der Waals surface area contributed by atoms with E-state index in [1.54, 1.807) is 0 Å². The Morgan fingerprint density at radius 2 is 1.83 bits per heavy atom. The van der Waals surface area contributed by atoms with E-state index in [2.05, 4.69) is 5.32 Å². The first kappa shape index (κ1) is 15.3. The van der Waals surface area contributed by atoms with Crippen LogP contribution < -0.4 is 5.32 Å². The van der Waals surface area contributed by atoms with Gasteiger partial charge in [-0.3, -0.25) is 9.35 Å². The van der Waals surface area contributed by atoms with Gasteiger partial charge in [-0.2, -0.15) is 8.42 Å². The van der Waals surface area contributed by atoms with Crippen LogP contribution in [0.5, 0.6) is 0 Å². The van der Waals surface area contributed by atoms with Crippen LogP contribution >= 0.6 is 0 Å². The minimum absolute atomic E-state index is 0.567. The molecule has 0 radical (unpaired) electrons. The first-order valence-electron chi connectivity index (χ1n) is 5.03. The lowest BCUT2D eigenvalue weighted by molar-refractivity contribution is -0.241. The van der Waals surface area contributed by atoms with Gasteiger partial charge in [-0.25, -0.2) is 0 Å². The van der Waals surface area contributed by atoms with Crippen LogP contribution in [0.25, 0.3) is 0 Å². The van der Waals surface area contributed by atoms with E-state index in [0.29, 0.717) is 0 Å². The third-order valence-electron chi connectivity index (χ3n) is 2.47. The molecule has 0 spiro atoms. The summed E-state index contributed by atoms with van der Waals surface area (Å²) in [5.74, 6) is -1.54. The lowest BCUT2D eigenvalue weighted by Crippen LogP contribution is -2.64. The predicted octanol–water partition coefficient (Wildman–Crippen LogP) is -3.18. The Hall–Kier alpha value is -0.780. The second kappa shape index (κ2) is 5.47. The van der Waals surface area contributed by atoms with Crippen molar-refractivity contribution in [2.75, 3.05) is 5.75 Å². The third-order valence-corrected chi connectivity index (χ3v) is 3.21. The first-order chi connectivity index (χ1) is 8.11. The standard InChI is InChI=1S/C8H15NO8S/c1-3(10)9-5-7(12)6(11)4(17-8(5)13)2-18(14,15)16/h4-8,11-13H,2H2,1H3,(H,9,10)(H,14,15,16)/t4-,5-,6+,7-,8+/m1/s1. The van der Waals surface area contributed by atoms with E-state index in [9.17, 15) is 28.5 Å². The zero-order valence-electron chi connectivity index (χ0n) is 9.42. The average molecular weight is 285 g/mol. The van der Waals surface area contributed by atoms with Gasteiger partial charge in [0, 0.05) is 6.92 Å². The summed E-state index contributed by atoms with van der Waals surface area (Å²) in [6.07, 6.45) is -6.48. The monoisotopic (exact) mass is 285 g/mol. The SMILES string of the molecule is CC(=O)N[C@@H]1[C@@H](O)[C@@H](O)[C@@H](CS(=O)(=O)O)O[C@@H]1O. The van der Waals surface area contributed by atoms with Crippen LogP contribution in [0.2, 0.25) is 0 Å². The summed E-state index contributed by atoms with van der Waals surface area (Å²) < 4.78 is 34.7. The van der Waals surface area contributed by atoms with Crippen LogP contribution in [-0.4, -0.2) is 70.6 Å².